The summed E-state index contributed by atoms with van der Waals surface area (Å²) in [6.07, 6.45) is 2.91. The smallest absolute Gasteiger partial charge is 0.0753 e. The van der Waals surface area contributed by atoms with Gasteiger partial charge in [0.2, 0.25) is 0 Å². The number of hydrogen-bond donors (Lipinski definition) is 0. The van der Waals surface area contributed by atoms with E-state index in [0.717, 1.165) is 40.9 Å². The molecule has 1 heterocycles. The summed E-state index contributed by atoms with van der Waals surface area (Å²) in [6.45, 7) is 2.85. The molecule has 0 N–H and O–H groups in total. The van der Waals surface area contributed by atoms with Gasteiger partial charge in [-0.3, -0.25) is 4.98 Å². The monoisotopic (exact) mass is 263 g/mol. The van der Waals surface area contributed by atoms with Crippen LogP contribution in [-0.4, -0.2) is 18.7 Å². The average molecular weight is 264 g/mol. The molecular weight excluding hydrogens is 246 g/mol. The van der Waals surface area contributed by atoms with Crippen molar-refractivity contribution in [2.75, 3.05) is 13.7 Å². The molecule has 96 valence electrons. The van der Waals surface area contributed by atoms with Crippen LogP contribution in [0.25, 0.3) is 10.9 Å². The number of hydrogen-bond acceptors (Lipinski definition) is 2. The molecule has 0 saturated carbocycles. The van der Waals surface area contributed by atoms with E-state index in [1.54, 1.807) is 7.11 Å². The average Bonchev–Trinajstić information content (AvgIpc) is 2.37. The molecule has 3 heteroatoms. The molecule has 2 nitrogen and oxygen atoms in total. The maximum Gasteiger partial charge on any atom is 0.0753 e. The van der Waals surface area contributed by atoms with Gasteiger partial charge in [0.05, 0.1) is 17.1 Å². The summed E-state index contributed by atoms with van der Waals surface area (Å²) in [7, 11) is 1.72. The van der Waals surface area contributed by atoms with Crippen LogP contribution in [0.15, 0.2) is 24.3 Å². The highest BCUT2D eigenvalue weighted by molar-refractivity contribution is 6.35. The molecule has 1 aromatic carbocycles. The molecule has 0 aliphatic carbocycles. The molecule has 0 aliphatic rings. The zero-order valence-corrected chi connectivity index (χ0v) is 11.6. The van der Waals surface area contributed by atoms with Crippen LogP contribution < -0.4 is 0 Å². The summed E-state index contributed by atoms with van der Waals surface area (Å²) in [6, 6.07) is 8.13. The van der Waals surface area contributed by atoms with Gasteiger partial charge in [0.1, 0.15) is 0 Å². The molecule has 1 aromatic heterocycles. The number of methoxy groups -OCH3 is 1. The predicted molar refractivity (Wildman–Crippen MR) is 76.3 cm³/mol. The number of benzene rings is 1. The Morgan fingerprint density at radius 2 is 2.11 bits per heavy atom. The lowest BCUT2D eigenvalue weighted by Gasteiger charge is -2.09. The van der Waals surface area contributed by atoms with Gasteiger partial charge >= 0.3 is 0 Å². The van der Waals surface area contributed by atoms with Gasteiger partial charge in [-0.2, -0.15) is 0 Å². The molecular formula is C15H18ClNO. The Labute approximate surface area is 113 Å². The third kappa shape index (κ3) is 2.82. The minimum atomic E-state index is 0.705. The van der Waals surface area contributed by atoms with Gasteiger partial charge in [-0.25, -0.2) is 0 Å². The molecule has 0 spiro atoms. The molecule has 2 aromatic rings. The first-order valence-corrected chi connectivity index (χ1v) is 6.70. The summed E-state index contributed by atoms with van der Waals surface area (Å²) in [5.74, 6) is 0. The lowest BCUT2D eigenvalue weighted by atomic mass is 10.1. The third-order valence-electron chi connectivity index (χ3n) is 3.01. The molecule has 0 radical (unpaired) electrons. The van der Waals surface area contributed by atoms with Crippen LogP contribution in [0.5, 0.6) is 0 Å². The fourth-order valence-electron chi connectivity index (χ4n) is 2.11. The van der Waals surface area contributed by atoms with E-state index in [9.17, 15) is 0 Å². The topological polar surface area (TPSA) is 22.1 Å². The SMILES string of the molecule is CCCc1cc(Cl)c2cccc(CCOC)c2n1. The molecule has 2 rings (SSSR count). The van der Waals surface area contributed by atoms with Gasteiger partial charge in [-0.05, 0) is 24.5 Å². The van der Waals surface area contributed by atoms with Gasteiger partial charge in [-0.1, -0.05) is 43.1 Å². The predicted octanol–water partition coefficient (Wildman–Crippen LogP) is 4.03. The number of para-hydroxylation sites is 1. The third-order valence-corrected chi connectivity index (χ3v) is 3.32. The largest absolute Gasteiger partial charge is 0.384 e. The summed E-state index contributed by atoms with van der Waals surface area (Å²) < 4.78 is 5.14. The second-order valence-corrected chi connectivity index (χ2v) is 4.81. The Balaban J connectivity index is 2.51. The number of halogens is 1. The zero-order chi connectivity index (χ0) is 13.0. The van der Waals surface area contributed by atoms with Gasteiger partial charge in [-0.15, -0.1) is 0 Å². The number of aromatic nitrogens is 1. The molecule has 0 bridgehead atoms. The minimum Gasteiger partial charge on any atom is -0.384 e. The second-order valence-electron chi connectivity index (χ2n) is 4.40. The van der Waals surface area contributed by atoms with E-state index < -0.39 is 0 Å². The van der Waals surface area contributed by atoms with E-state index in [4.69, 9.17) is 21.3 Å². The van der Waals surface area contributed by atoms with Crippen molar-refractivity contribution in [3.63, 3.8) is 0 Å². The first-order chi connectivity index (χ1) is 8.76. The van der Waals surface area contributed by atoms with Crippen LogP contribution in [0.4, 0.5) is 0 Å². The Bertz CT molecular complexity index is 539. The van der Waals surface area contributed by atoms with Crippen molar-refractivity contribution in [3.8, 4) is 0 Å². The molecule has 18 heavy (non-hydrogen) atoms. The Hall–Kier alpha value is -1.12. The first kappa shape index (κ1) is 13.3. The summed E-state index contributed by atoms with van der Waals surface area (Å²) >= 11 is 6.33. The van der Waals surface area contributed by atoms with Crippen LogP contribution >= 0.6 is 11.6 Å². The van der Waals surface area contributed by atoms with Crippen molar-refractivity contribution in [1.82, 2.24) is 4.98 Å². The van der Waals surface area contributed by atoms with Crippen molar-refractivity contribution < 1.29 is 4.74 Å². The van der Waals surface area contributed by atoms with Crippen LogP contribution in [0.1, 0.15) is 24.6 Å². The highest BCUT2D eigenvalue weighted by atomic mass is 35.5. The summed E-state index contributed by atoms with van der Waals surface area (Å²) in [5, 5.41) is 1.83. The van der Waals surface area contributed by atoms with E-state index in [1.165, 1.54) is 5.56 Å². The highest BCUT2D eigenvalue weighted by Gasteiger charge is 2.07. The lowest BCUT2D eigenvalue weighted by molar-refractivity contribution is 0.202. The molecule has 0 unspecified atom stereocenters. The highest BCUT2D eigenvalue weighted by Crippen LogP contribution is 2.26. The number of rotatable bonds is 5. The Kier molecular flexibility index (Phi) is 4.56. The van der Waals surface area contributed by atoms with Crippen LogP contribution in [0.3, 0.4) is 0 Å². The van der Waals surface area contributed by atoms with E-state index in [2.05, 4.69) is 13.0 Å². The van der Waals surface area contributed by atoms with Crippen molar-refractivity contribution in [2.45, 2.75) is 26.2 Å². The van der Waals surface area contributed by atoms with Crippen molar-refractivity contribution in [2.24, 2.45) is 0 Å². The van der Waals surface area contributed by atoms with E-state index in [0.29, 0.717) is 6.61 Å². The fraction of sp³-hybridized carbons (Fsp3) is 0.400. The zero-order valence-electron chi connectivity index (χ0n) is 10.9. The second kappa shape index (κ2) is 6.17. The first-order valence-electron chi connectivity index (χ1n) is 6.32. The van der Waals surface area contributed by atoms with Gasteiger partial charge < -0.3 is 4.74 Å². The van der Waals surface area contributed by atoms with Crippen molar-refractivity contribution >= 4 is 22.5 Å². The Morgan fingerprint density at radius 3 is 2.83 bits per heavy atom. The van der Waals surface area contributed by atoms with E-state index in [-0.39, 0.29) is 0 Å². The maximum absolute atomic E-state index is 6.33. The normalized spacial score (nSPS) is 11.1. The van der Waals surface area contributed by atoms with E-state index >= 15 is 0 Å². The van der Waals surface area contributed by atoms with Crippen LogP contribution in [-0.2, 0) is 17.6 Å². The Morgan fingerprint density at radius 1 is 1.28 bits per heavy atom. The lowest BCUT2D eigenvalue weighted by Crippen LogP contribution is -1.99. The number of aryl methyl sites for hydroxylation is 1. The van der Waals surface area contributed by atoms with Crippen molar-refractivity contribution in [1.29, 1.82) is 0 Å². The number of fused-ring (bicyclic) bond motifs is 1. The van der Waals surface area contributed by atoms with E-state index in [1.807, 2.05) is 18.2 Å². The summed E-state index contributed by atoms with van der Waals surface area (Å²) in [4.78, 5) is 4.74. The fourth-order valence-corrected chi connectivity index (χ4v) is 2.39. The van der Waals surface area contributed by atoms with Crippen molar-refractivity contribution in [3.05, 3.63) is 40.5 Å². The number of ether oxygens (including phenoxy) is 1. The number of nitrogens with zero attached hydrogens (tertiary/aromatic N) is 1. The van der Waals surface area contributed by atoms with Gasteiger partial charge in [0, 0.05) is 18.2 Å². The maximum atomic E-state index is 6.33. The minimum absolute atomic E-state index is 0.705. The quantitative estimate of drug-likeness (QED) is 0.813. The molecule has 0 amide bonds. The molecule has 0 atom stereocenters. The molecule has 0 fully saturated rings. The number of pyridine rings is 1. The molecule has 0 aliphatic heterocycles. The standard InChI is InChI=1S/C15H18ClNO/c1-3-5-12-10-14(16)13-7-4-6-11(8-9-18-2)15(13)17-12/h4,6-7,10H,3,5,8-9H2,1-2H3. The van der Waals surface area contributed by atoms with Crippen LogP contribution in [0.2, 0.25) is 5.02 Å². The summed E-state index contributed by atoms with van der Waals surface area (Å²) in [5.41, 5.74) is 3.29. The molecule has 0 saturated heterocycles. The van der Waals surface area contributed by atoms with Crippen LogP contribution in [0, 0.1) is 0 Å². The van der Waals surface area contributed by atoms with Gasteiger partial charge in [0.15, 0.2) is 0 Å². The van der Waals surface area contributed by atoms with Gasteiger partial charge in [0.25, 0.3) is 0 Å².